The number of carbonyl (C=O) groups is 2. The van der Waals surface area contributed by atoms with Crippen LogP contribution in [0.15, 0.2) is 48.0 Å². The quantitative estimate of drug-likeness (QED) is 0.515. The lowest BCUT2D eigenvalue weighted by molar-refractivity contribution is -0.192. The van der Waals surface area contributed by atoms with Gasteiger partial charge in [0, 0.05) is 23.7 Å². The minimum absolute atomic E-state index is 0.00260. The highest BCUT2D eigenvalue weighted by atomic mass is 16.5. The number of nitrogens with two attached hydrogens (primary N) is 1. The molecule has 3 aliphatic carbocycles. The molecule has 2 aliphatic heterocycles. The lowest BCUT2D eigenvalue weighted by Crippen LogP contribution is -2.78. The number of amides is 2. The Balaban J connectivity index is 1.27. The third kappa shape index (κ3) is 3.34. The number of carbonyl (C=O) groups excluding carboxylic acids is 2. The molecule has 2 saturated carbocycles. The summed E-state index contributed by atoms with van der Waals surface area (Å²) in [6.45, 7) is 3.72. The maximum Gasteiger partial charge on any atom is 0.252 e. The first-order valence-electron chi connectivity index (χ1n) is 14.0. The number of piperidine rings is 1. The van der Waals surface area contributed by atoms with Gasteiger partial charge in [-0.3, -0.25) is 14.5 Å². The van der Waals surface area contributed by atoms with E-state index in [9.17, 15) is 14.7 Å². The van der Waals surface area contributed by atoms with Crippen LogP contribution in [0.2, 0.25) is 0 Å². The first kappa shape index (κ1) is 23.9. The van der Waals surface area contributed by atoms with Crippen molar-refractivity contribution in [3.63, 3.8) is 0 Å². The molecule has 198 valence electrons. The molecule has 2 amide bonds. The molecule has 2 aromatic rings. The molecule has 2 aromatic carbocycles. The van der Waals surface area contributed by atoms with Gasteiger partial charge in [0.1, 0.15) is 11.9 Å². The van der Waals surface area contributed by atoms with E-state index in [4.69, 9.17) is 10.5 Å². The van der Waals surface area contributed by atoms with Crippen molar-refractivity contribution in [3.05, 3.63) is 70.3 Å². The fourth-order valence-corrected chi connectivity index (χ4v) is 7.98. The van der Waals surface area contributed by atoms with E-state index in [-0.39, 0.29) is 18.0 Å². The zero-order chi connectivity index (χ0) is 26.2. The Morgan fingerprint density at radius 1 is 1.16 bits per heavy atom. The number of aliphatic hydroxyl groups is 1. The highest BCUT2D eigenvalue weighted by molar-refractivity contribution is 5.98. The van der Waals surface area contributed by atoms with E-state index in [0.29, 0.717) is 29.7 Å². The van der Waals surface area contributed by atoms with Gasteiger partial charge in [0.15, 0.2) is 0 Å². The summed E-state index contributed by atoms with van der Waals surface area (Å²) in [5.74, 6) is 0.573. The largest absolute Gasteiger partial charge is 0.486 e. The van der Waals surface area contributed by atoms with Gasteiger partial charge in [-0.2, -0.15) is 0 Å². The van der Waals surface area contributed by atoms with Gasteiger partial charge >= 0.3 is 0 Å². The number of benzene rings is 2. The minimum atomic E-state index is -0.991. The topological polar surface area (TPSA) is 105 Å². The summed E-state index contributed by atoms with van der Waals surface area (Å²) in [5.41, 5.74) is 8.15. The Morgan fingerprint density at radius 3 is 2.68 bits per heavy atom. The number of likely N-dealkylation sites (tertiary alicyclic amines) is 1. The Kier molecular flexibility index (Phi) is 5.30. The summed E-state index contributed by atoms with van der Waals surface area (Å²) in [6, 6.07) is 13.3. The Labute approximate surface area is 223 Å². The number of primary amides is 1. The monoisotopic (exact) mass is 513 g/mol. The van der Waals surface area contributed by atoms with E-state index in [1.807, 2.05) is 49.4 Å². The summed E-state index contributed by atoms with van der Waals surface area (Å²) < 4.78 is 6.66. The zero-order valence-corrected chi connectivity index (χ0v) is 21.8. The van der Waals surface area contributed by atoms with Gasteiger partial charge in [0.25, 0.3) is 5.91 Å². The molecule has 1 spiro atoms. The van der Waals surface area contributed by atoms with Gasteiger partial charge < -0.3 is 20.9 Å². The number of ether oxygens (including phenoxy) is 1. The van der Waals surface area contributed by atoms with Crippen LogP contribution >= 0.6 is 0 Å². The molecule has 2 heterocycles. The van der Waals surface area contributed by atoms with E-state index in [0.717, 1.165) is 48.5 Å². The Morgan fingerprint density at radius 2 is 1.95 bits per heavy atom. The number of hydrogen-bond acceptors (Lipinski definition) is 5. The molecule has 1 saturated heterocycles. The minimum Gasteiger partial charge on any atom is -0.486 e. The van der Waals surface area contributed by atoms with Gasteiger partial charge in [-0.05, 0) is 81.2 Å². The maximum absolute atomic E-state index is 13.4. The second kappa shape index (κ2) is 8.42. The third-order valence-corrected chi connectivity index (χ3v) is 9.91. The number of rotatable bonds is 6. The standard InChI is InChI=1S/C31H35N3O4/c1-18(15-19-5-3-2-4-6-19)29(36)33-23-11-12-31(37)24-16-21-9-10-22(28(32)35)26-25(21)30(31,27(23)38-26)13-14-34(24)17-20-7-8-20/h2-6,9-10,15,20,23-24,27,37H,7-8,11-14,16-17H2,1H3,(H2,32,35)(H,33,36)/b18-15+/t23-,24-,27+,30+,31-/m1/s1. The Hall–Kier alpha value is -3.16. The average Bonchev–Trinajstić information content (AvgIpc) is 3.64. The van der Waals surface area contributed by atoms with Crippen molar-refractivity contribution in [2.45, 2.75) is 74.7 Å². The molecule has 7 rings (SSSR count). The van der Waals surface area contributed by atoms with Crippen LogP contribution in [0.25, 0.3) is 6.08 Å². The van der Waals surface area contributed by atoms with Gasteiger partial charge in [0.05, 0.1) is 22.6 Å². The number of hydrogen-bond donors (Lipinski definition) is 3. The molecule has 0 radical (unpaired) electrons. The van der Waals surface area contributed by atoms with Crippen molar-refractivity contribution in [1.29, 1.82) is 0 Å². The summed E-state index contributed by atoms with van der Waals surface area (Å²) >= 11 is 0. The predicted octanol–water partition coefficient (Wildman–Crippen LogP) is 2.94. The molecule has 4 N–H and O–H groups in total. The molecule has 0 unspecified atom stereocenters. The molecule has 7 nitrogen and oxygen atoms in total. The van der Waals surface area contributed by atoms with Gasteiger partial charge in [0.2, 0.25) is 5.91 Å². The zero-order valence-electron chi connectivity index (χ0n) is 21.8. The Bertz CT molecular complexity index is 1350. The molecule has 5 atom stereocenters. The highest BCUT2D eigenvalue weighted by Gasteiger charge is 2.73. The molecule has 0 aromatic heterocycles. The van der Waals surface area contributed by atoms with Crippen molar-refractivity contribution in [1.82, 2.24) is 10.2 Å². The normalized spacial score (nSPS) is 33.3. The first-order valence-corrected chi connectivity index (χ1v) is 14.0. The predicted molar refractivity (Wildman–Crippen MR) is 144 cm³/mol. The maximum atomic E-state index is 13.4. The van der Waals surface area contributed by atoms with Crippen LogP contribution in [0.4, 0.5) is 0 Å². The van der Waals surface area contributed by atoms with E-state index in [1.54, 1.807) is 6.07 Å². The van der Waals surface area contributed by atoms with E-state index >= 15 is 0 Å². The van der Waals surface area contributed by atoms with Crippen LogP contribution in [0.3, 0.4) is 0 Å². The lowest BCUT2D eigenvalue weighted by atomic mass is 9.48. The number of nitrogens with zero attached hydrogens (tertiary/aromatic N) is 1. The summed E-state index contributed by atoms with van der Waals surface area (Å²) in [5, 5.41) is 15.9. The molecule has 2 bridgehead atoms. The average molecular weight is 514 g/mol. The third-order valence-electron chi connectivity index (χ3n) is 9.91. The van der Waals surface area contributed by atoms with Crippen molar-refractivity contribution in [2.24, 2.45) is 11.7 Å². The number of nitrogens with one attached hydrogen (secondary N) is 1. The molecule has 3 fully saturated rings. The smallest absolute Gasteiger partial charge is 0.252 e. The van der Waals surface area contributed by atoms with Crippen molar-refractivity contribution >= 4 is 17.9 Å². The molecule has 5 aliphatic rings. The van der Waals surface area contributed by atoms with Crippen LogP contribution in [0, 0.1) is 5.92 Å². The highest BCUT2D eigenvalue weighted by Crippen LogP contribution is 2.64. The van der Waals surface area contributed by atoms with Crippen LogP contribution in [0.5, 0.6) is 5.75 Å². The van der Waals surface area contributed by atoms with Crippen molar-refractivity contribution < 1.29 is 19.4 Å². The molecule has 7 heteroatoms. The van der Waals surface area contributed by atoms with Gasteiger partial charge in [-0.15, -0.1) is 0 Å². The van der Waals surface area contributed by atoms with E-state index < -0.39 is 23.0 Å². The van der Waals surface area contributed by atoms with E-state index in [1.165, 1.54) is 12.8 Å². The van der Waals surface area contributed by atoms with Gasteiger partial charge in [-0.1, -0.05) is 36.4 Å². The van der Waals surface area contributed by atoms with Crippen molar-refractivity contribution in [3.8, 4) is 5.75 Å². The van der Waals surface area contributed by atoms with Crippen molar-refractivity contribution in [2.75, 3.05) is 13.1 Å². The van der Waals surface area contributed by atoms with Gasteiger partial charge in [-0.25, -0.2) is 0 Å². The van der Waals surface area contributed by atoms with Crippen LogP contribution in [0.1, 0.15) is 66.1 Å². The van der Waals surface area contributed by atoms with Crippen LogP contribution in [-0.4, -0.2) is 58.7 Å². The molecular weight excluding hydrogens is 478 g/mol. The molecule has 38 heavy (non-hydrogen) atoms. The summed E-state index contributed by atoms with van der Waals surface area (Å²) in [7, 11) is 0. The second-order valence-electron chi connectivity index (χ2n) is 12.0. The fraction of sp³-hybridized carbons (Fsp3) is 0.484. The lowest BCUT2D eigenvalue weighted by Gasteiger charge is -2.64. The van der Waals surface area contributed by atoms with E-state index in [2.05, 4.69) is 10.2 Å². The summed E-state index contributed by atoms with van der Waals surface area (Å²) in [4.78, 5) is 28.3. The van der Waals surface area contributed by atoms with Crippen LogP contribution < -0.4 is 15.8 Å². The SMILES string of the molecule is C/C(=C\c1ccccc1)C(=O)N[C@@H]1CC[C@@]2(O)[C@H]3Cc4ccc(C(N)=O)c5c4[C@@]2(CCN3CC2CC2)[C@H]1O5. The first-order chi connectivity index (χ1) is 18.3. The fourth-order valence-electron chi connectivity index (χ4n) is 7.98. The second-order valence-corrected chi connectivity index (χ2v) is 12.0. The van der Waals surface area contributed by atoms with Crippen LogP contribution in [-0.2, 0) is 16.6 Å². The summed E-state index contributed by atoms with van der Waals surface area (Å²) in [6.07, 6.45) is 6.60. The molecular formula is C31H35N3O4.